The van der Waals surface area contributed by atoms with Gasteiger partial charge in [-0.05, 0) is 30.9 Å². The third-order valence-electron chi connectivity index (χ3n) is 3.52. The van der Waals surface area contributed by atoms with Crippen molar-refractivity contribution in [2.75, 3.05) is 0 Å². The highest BCUT2D eigenvalue weighted by atomic mass is 16.5. The highest BCUT2D eigenvalue weighted by Gasteiger charge is 2.16. The summed E-state index contributed by atoms with van der Waals surface area (Å²) in [7, 11) is 0. The summed E-state index contributed by atoms with van der Waals surface area (Å²) in [6.45, 7) is 6.04. The molecule has 1 aromatic heterocycles. The number of aryl methyl sites for hydroxylation is 1. The molecule has 1 aromatic carbocycles. The van der Waals surface area contributed by atoms with E-state index in [-0.39, 0.29) is 5.56 Å². The van der Waals surface area contributed by atoms with Crippen LogP contribution in [0.2, 0.25) is 0 Å². The van der Waals surface area contributed by atoms with Crippen molar-refractivity contribution in [3.8, 4) is 11.5 Å². The first-order valence-electron chi connectivity index (χ1n) is 6.99. The highest BCUT2D eigenvalue weighted by molar-refractivity contribution is 5.90. The number of para-hydroxylation sites is 1. The molecule has 0 bridgehead atoms. The van der Waals surface area contributed by atoms with Gasteiger partial charge >= 0.3 is 5.97 Å². The molecule has 2 aromatic rings. The molecule has 0 saturated carbocycles. The molecule has 0 amide bonds. The Labute approximate surface area is 124 Å². The maximum Gasteiger partial charge on any atom is 0.341 e. The van der Waals surface area contributed by atoms with E-state index in [2.05, 4.69) is 18.8 Å². The smallest absolute Gasteiger partial charge is 0.341 e. The first-order valence-corrected chi connectivity index (χ1v) is 6.99. The lowest BCUT2D eigenvalue weighted by atomic mass is 9.98. The second-order valence-electron chi connectivity index (χ2n) is 5.08. The SMILES string of the molecule is CCC(C)c1ccccc1Oc1cc(C)ncc1C(=O)O. The van der Waals surface area contributed by atoms with Gasteiger partial charge in [0.25, 0.3) is 0 Å². The van der Waals surface area contributed by atoms with Crippen LogP contribution in [0.25, 0.3) is 0 Å². The summed E-state index contributed by atoms with van der Waals surface area (Å²) in [5.41, 5.74) is 1.86. The Balaban J connectivity index is 2.43. The molecular weight excluding hydrogens is 266 g/mol. The molecule has 0 aliphatic rings. The molecule has 0 radical (unpaired) electrons. The van der Waals surface area contributed by atoms with Crippen LogP contribution in [0.3, 0.4) is 0 Å². The first-order chi connectivity index (χ1) is 10.0. The number of aromatic carboxylic acids is 1. The van der Waals surface area contributed by atoms with Crippen molar-refractivity contribution in [3.05, 3.63) is 53.3 Å². The van der Waals surface area contributed by atoms with E-state index in [4.69, 9.17) is 4.74 Å². The van der Waals surface area contributed by atoms with Gasteiger partial charge in [-0.25, -0.2) is 4.79 Å². The molecule has 0 saturated heterocycles. The zero-order valence-corrected chi connectivity index (χ0v) is 12.5. The number of nitrogens with zero attached hydrogens (tertiary/aromatic N) is 1. The minimum atomic E-state index is -1.04. The number of aromatic nitrogens is 1. The molecule has 110 valence electrons. The van der Waals surface area contributed by atoms with Crippen LogP contribution in [0.4, 0.5) is 0 Å². The van der Waals surface area contributed by atoms with Gasteiger partial charge < -0.3 is 9.84 Å². The average Bonchev–Trinajstić information content (AvgIpc) is 2.47. The van der Waals surface area contributed by atoms with Crippen molar-refractivity contribution in [3.63, 3.8) is 0 Å². The van der Waals surface area contributed by atoms with Crippen molar-refractivity contribution in [1.82, 2.24) is 4.98 Å². The predicted octanol–water partition coefficient (Wildman–Crippen LogP) is 4.39. The standard InChI is InChI=1S/C17H19NO3/c1-4-11(2)13-7-5-6-8-15(13)21-16-9-12(3)18-10-14(16)17(19)20/h5-11H,4H2,1-3H3,(H,19,20). The first kappa shape index (κ1) is 15.0. The molecule has 2 rings (SSSR count). The lowest BCUT2D eigenvalue weighted by Crippen LogP contribution is -2.03. The van der Waals surface area contributed by atoms with Crippen LogP contribution in [-0.2, 0) is 0 Å². The Bertz CT molecular complexity index is 652. The lowest BCUT2D eigenvalue weighted by Gasteiger charge is -2.16. The van der Waals surface area contributed by atoms with Crippen molar-refractivity contribution in [1.29, 1.82) is 0 Å². The van der Waals surface area contributed by atoms with Gasteiger partial charge in [0.05, 0.1) is 0 Å². The molecule has 4 heteroatoms. The number of carboxylic acids is 1. The minimum absolute atomic E-state index is 0.0690. The van der Waals surface area contributed by atoms with Crippen LogP contribution in [0.5, 0.6) is 11.5 Å². The minimum Gasteiger partial charge on any atom is -0.477 e. The fourth-order valence-corrected chi connectivity index (χ4v) is 2.10. The molecule has 0 aliphatic heterocycles. The Morgan fingerprint density at radius 1 is 1.33 bits per heavy atom. The number of ether oxygens (including phenoxy) is 1. The Morgan fingerprint density at radius 2 is 2.05 bits per heavy atom. The van der Waals surface area contributed by atoms with Gasteiger partial charge in [-0.2, -0.15) is 0 Å². The number of benzene rings is 1. The summed E-state index contributed by atoms with van der Waals surface area (Å²) in [5, 5.41) is 9.24. The predicted molar refractivity (Wildman–Crippen MR) is 81.2 cm³/mol. The van der Waals surface area contributed by atoms with E-state index in [1.807, 2.05) is 24.3 Å². The van der Waals surface area contributed by atoms with E-state index in [1.54, 1.807) is 13.0 Å². The molecule has 0 spiro atoms. The number of hydrogen-bond donors (Lipinski definition) is 1. The van der Waals surface area contributed by atoms with Crippen molar-refractivity contribution < 1.29 is 14.6 Å². The van der Waals surface area contributed by atoms with Gasteiger partial charge in [-0.3, -0.25) is 4.98 Å². The van der Waals surface area contributed by atoms with Gasteiger partial charge in [-0.1, -0.05) is 32.0 Å². The third kappa shape index (κ3) is 3.40. The summed E-state index contributed by atoms with van der Waals surface area (Å²) < 4.78 is 5.88. The summed E-state index contributed by atoms with van der Waals surface area (Å²) in [4.78, 5) is 15.3. The Kier molecular flexibility index (Phi) is 4.58. The average molecular weight is 285 g/mol. The molecule has 1 heterocycles. The largest absolute Gasteiger partial charge is 0.477 e. The Morgan fingerprint density at radius 3 is 2.71 bits per heavy atom. The maximum absolute atomic E-state index is 11.3. The molecular formula is C17H19NO3. The fraction of sp³-hybridized carbons (Fsp3) is 0.294. The van der Waals surface area contributed by atoms with Crippen molar-refractivity contribution in [2.24, 2.45) is 0 Å². The monoisotopic (exact) mass is 285 g/mol. The van der Waals surface area contributed by atoms with E-state index >= 15 is 0 Å². The molecule has 21 heavy (non-hydrogen) atoms. The quantitative estimate of drug-likeness (QED) is 0.884. The van der Waals surface area contributed by atoms with Gasteiger partial charge in [0.2, 0.25) is 0 Å². The summed E-state index contributed by atoms with van der Waals surface area (Å²) in [6, 6.07) is 9.37. The van der Waals surface area contributed by atoms with E-state index in [9.17, 15) is 9.90 Å². The molecule has 4 nitrogen and oxygen atoms in total. The zero-order valence-electron chi connectivity index (χ0n) is 12.5. The number of pyridine rings is 1. The third-order valence-corrected chi connectivity index (χ3v) is 3.52. The fourth-order valence-electron chi connectivity index (χ4n) is 2.10. The Hall–Kier alpha value is -2.36. The molecule has 0 fully saturated rings. The van der Waals surface area contributed by atoms with E-state index in [0.717, 1.165) is 17.7 Å². The van der Waals surface area contributed by atoms with Crippen LogP contribution < -0.4 is 4.74 Å². The van der Waals surface area contributed by atoms with Gasteiger partial charge in [0, 0.05) is 18.0 Å². The lowest BCUT2D eigenvalue weighted by molar-refractivity contribution is 0.0693. The summed E-state index contributed by atoms with van der Waals surface area (Å²) in [6.07, 6.45) is 2.32. The number of carbonyl (C=O) groups is 1. The van der Waals surface area contributed by atoms with Crippen molar-refractivity contribution in [2.45, 2.75) is 33.1 Å². The zero-order chi connectivity index (χ0) is 15.4. The highest BCUT2D eigenvalue weighted by Crippen LogP contribution is 2.33. The molecule has 1 N–H and O–H groups in total. The van der Waals surface area contributed by atoms with Crippen molar-refractivity contribution >= 4 is 5.97 Å². The molecule has 1 unspecified atom stereocenters. The number of rotatable bonds is 5. The van der Waals surface area contributed by atoms with Crippen LogP contribution in [0, 0.1) is 6.92 Å². The van der Waals surface area contributed by atoms with Crippen LogP contribution >= 0.6 is 0 Å². The number of hydrogen-bond acceptors (Lipinski definition) is 3. The summed E-state index contributed by atoms with van der Waals surface area (Å²) >= 11 is 0. The van der Waals surface area contributed by atoms with Gasteiger partial charge in [0.1, 0.15) is 17.1 Å². The maximum atomic E-state index is 11.3. The summed E-state index contributed by atoms with van der Waals surface area (Å²) in [5.74, 6) is 0.321. The van der Waals surface area contributed by atoms with Gasteiger partial charge in [-0.15, -0.1) is 0 Å². The van der Waals surface area contributed by atoms with Gasteiger partial charge in [0.15, 0.2) is 0 Å². The van der Waals surface area contributed by atoms with Crippen LogP contribution in [-0.4, -0.2) is 16.1 Å². The normalized spacial score (nSPS) is 12.0. The topological polar surface area (TPSA) is 59.4 Å². The van der Waals surface area contributed by atoms with Crippen LogP contribution in [0.1, 0.15) is 47.8 Å². The second kappa shape index (κ2) is 6.39. The van der Waals surface area contributed by atoms with E-state index in [0.29, 0.717) is 17.4 Å². The van der Waals surface area contributed by atoms with Crippen LogP contribution in [0.15, 0.2) is 36.5 Å². The molecule has 1 atom stereocenters. The van der Waals surface area contributed by atoms with E-state index in [1.165, 1.54) is 6.20 Å². The molecule has 0 aliphatic carbocycles. The second-order valence-corrected chi connectivity index (χ2v) is 5.08. The number of carboxylic acid groups (broad SMARTS) is 1. The van der Waals surface area contributed by atoms with E-state index < -0.39 is 5.97 Å².